The second-order valence-corrected chi connectivity index (χ2v) is 5.85. The highest BCUT2D eigenvalue weighted by molar-refractivity contribution is 9.10. The van der Waals surface area contributed by atoms with Crippen LogP contribution in [0.4, 0.5) is 11.4 Å². The summed E-state index contributed by atoms with van der Waals surface area (Å²) in [4.78, 5) is 0. The van der Waals surface area contributed by atoms with Crippen molar-refractivity contribution in [3.63, 3.8) is 0 Å². The van der Waals surface area contributed by atoms with Crippen LogP contribution < -0.4 is 15.8 Å². The molecule has 20 heavy (non-hydrogen) atoms. The fourth-order valence-electron chi connectivity index (χ4n) is 1.87. The van der Waals surface area contributed by atoms with Gasteiger partial charge in [0.25, 0.3) is 0 Å². The Hall–Kier alpha value is -1.68. The maximum atomic E-state index is 5.90. The van der Waals surface area contributed by atoms with Crippen LogP contribution in [0.15, 0.2) is 46.9 Å². The molecule has 0 spiro atoms. The third-order valence-corrected chi connectivity index (χ3v) is 3.24. The molecule has 3 N–H and O–H groups in total. The zero-order valence-corrected chi connectivity index (χ0v) is 13.3. The number of hydrogen-bond acceptors (Lipinski definition) is 3. The number of benzene rings is 2. The van der Waals surface area contributed by atoms with Crippen molar-refractivity contribution in [1.29, 1.82) is 0 Å². The smallest absolute Gasteiger partial charge is 0.123 e. The van der Waals surface area contributed by atoms with Gasteiger partial charge >= 0.3 is 0 Å². The summed E-state index contributed by atoms with van der Waals surface area (Å²) in [5.74, 6) is 0.790. The monoisotopic (exact) mass is 334 g/mol. The molecule has 0 amide bonds. The zero-order valence-electron chi connectivity index (χ0n) is 11.7. The fourth-order valence-corrected chi connectivity index (χ4v) is 2.14. The number of anilines is 2. The highest BCUT2D eigenvalue weighted by Gasteiger charge is 2.02. The number of nitrogens with one attached hydrogen (secondary N) is 1. The van der Waals surface area contributed by atoms with Crippen LogP contribution in [0.3, 0.4) is 0 Å². The first-order chi connectivity index (χ1) is 9.52. The van der Waals surface area contributed by atoms with Gasteiger partial charge in [-0.1, -0.05) is 28.1 Å². The van der Waals surface area contributed by atoms with Gasteiger partial charge in [0, 0.05) is 34.5 Å². The Morgan fingerprint density at radius 3 is 2.50 bits per heavy atom. The molecule has 106 valence electrons. The Labute approximate surface area is 128 Å². The molecule has 0 radical (unpaired) electrons. The molecule has 0 atom stereocenters. The maximum absolute atomic E-state index is 5.90. The van der Waals surface area contributed by atoms with Crippen LogP contribution >= 0.6 is 15.9 Å². The summed E-state index contributed by atoms with van der Waals surface area (Å²) in [6.07, 6.45) is 0.135. The van der Waals surface area contributed by atoms with Gasteiger partial charge in [-0.3, -0.25) is 0 Å². The molecule has 0 fully saturated rings. The van der Waals surface area contributed by atoms with E-state index in [0.717, 1.165) is 22.5 Å². The van der Waals surface area contributed by atoms with Crippen LogP contribution in [0.5, 0.6) is 5.75 Å². The minimum Gasteiger partial charge on any atom is -0.491 e. The number of rotatable bonds is 5. The summed E-state index contributed by atoms with van der Waals surface area (Å²) in [6, 6.07) is 13.9. The maximum Gasteiger partial charge on any atom is 0.123 e. The van der Waals surface area contributed by atoms with Gasteiger partial charge in [0.2, 0.25) is 0 Å². The quantitative estimate of drug-likeness (QED) is 0.795. The molecule has 0 heterocycles. The minimum atomic E-state index is 0.135. The first kappa shape index (κ1) is 14.7. The minimum absolute atomic E-state index is 0.135. The number of halogens is 1. The van der Waals surface area contributed by atoms with Crippen molar-refractivity contribution < 1.29 is 4.74 Å². The van der Waals surface area contributed by atoms with Gasteiger partial charge in [-0.25, -0.2) is 0 Å². The Bertz CT molecular complexity index is 567. The van der Waals surface area contributed by atoms with Crippen molar-refractivity contribution in [2.75, 3.05) is 11.1 Å². The van der Waals surface area contributed by atoms with Gasteiger partial charge in [-0.2, -0.15) is 0 Å². The van der Waals surface area contributed by atoms with E-state index in [1.165, 1.54) is 5.56 Å². The van der Waals surface area contributed by atoms with E-state index in [1.54, 1.807) is 0 Å². The topological polar surface area (TPSA) is 47.3 Å². The van der Waals surface area contributed by atoms with Crippen LogP contribution in [0.1, 0.15) is 19.4 Å². The van der Waals surface area contributed by atoms with E-state index in [-0.39, 0.29) is 6.10 Å². The molecule has 4 heteroatoms. The van der Waals surface area contributed by atoms with E-state index in [4.69, 9.17) is 10.5 Å². The standard InChI is InChI=1S/C16H19BrN2O/c1-11(2)20-16-8-14(18)7-15(9-16)19-10-12-3-5-13(17)6-4-12/h3-9,11,19H,10,18H2,1-2H3. The summed E-state index contributed by atoms with van der Waals surface area (Å²) >= 11 is 3.43. The van der Waals surface area contributed by atoms with E-state index in [0.29, 0.717) is 5.69 Å². The van der Waals surface area contributed by atoms with E-state index in [9.17, 15) is 0 Å². The Morgan fingerprint density at radius 1 is 1.15 bits per heavy atom. The summed E-state index contributed by atoms with van der Waals surface area (Å²) in [5.41, 5.74) is 8.77. The SMILES string of the molecule is CC(C)Oc1cc(N)cc(NCc2ccc(Br)cc2)c1. The lowest BCUT2D eigenvalue weighted by molar-refractivity contribution is 0.242. The van der Waals surface area contributed by atoms with E-state index in [1.807, 2.05) is 44.2 Å². The second-order valence-electron chi connectivity index (χ2n) is 4.94. The van der Waals surface area contributed by atoms with Crippen molar-refractivity contribution in [3.8, 4) is 5.75 Å². The molecular weight excluding hydrogens is 316 g/mol. The van der Waals surface area contributed by atoms with Gasteiger partial charge < -0.3 is 15.8 Å². The Kier molecular flexibility index (Phi) is 4.90. The molecule has 0 aliphatic rings. The molecule has 0 unspecified atom stereocenters. The summed E-state index contributed by atoms with van der Waals surface area (Å²) in [6.45, 7) is 4.74. The van der Waals surface area contributed by atoms with Crippen molar-refractivity contribution >= 4 is 27.3 Å². The number of nitrogen functional groups attached to an aromatic ring is 1. The molecular formula is C16H19BrN2O. The zero-order chi connectivity index (χ0) is 14.5. The predicted molar refractivity (Wildman–Crippen MR) is 88.1 cm³/mol. The van der Waals surface area contributed by atoms with E-state index >= 15 is 0 Å². The average molecular weight is 335 g/mol. The summed E-state index contributed by atoms with van der Waals surface area (Å²) < 4.78 is 6.76. The largest absolute Gasteiger partial charge is 0.491 e. The number of ether oxygens (including phenoxy) is 1. The lowest BCUT2D eigenvalue weighted by Gasteiger charge is -2.13. The van der Waals surface area contributed by atoms with Crippen molar-refractivity contribution in [3.05, 3.63) is 52.5 Å². The summed E-state index contributed by atoms with van der Waals surface area (Å²) in [7, 11) is 0. The number of hydrogen-bond donors (Lipinski definition) is 2. The van der Waals surface area contributed by atoms with Crippen molar-refractivity contribution in [1.82, 2.24) is 0 Å². The van der Waals surface area contributed by atoms with Crippen LogP contribution in [-0.2, 0) is 6.54 Å². The first-order valence-electron chi connectivity index (χ1n) is 6.58. The first-order valence-corrected chi connectivity index (χ1v) is 7.38. The van der Waals surface area contributed by atoms with Gasteiger partial charge in [-0.05, 0) is 37.6 Å². The average Bonchev–Trinajstić information content (AvgIpc) is 2.36. The second kappa shape index (κ2) is 6.66. The molecule has 0 aromatic heterocycles. The summed E-state index contributed by atoms with van der Waals surface area (Å²) in [5, 5.41) is 3.36. The highest BCUT2D eigenvalue weighted by atomic mass is 79.9. The van der Waals surface area contributed by atoms with Gasteiger partial charge in [0.05, 0.1) is 6.10 Å². The Balaban J connectivity index is 2.05. The molecule has 2 rings (SSSR count). The van der Waals surface area contributed by atoms with E-state index in [2.05, 4.69) is 33.4 Å². The lowest BCUT2D eigenvalue weighted by atomic mass is 10.2. The van der Waals surface area contributed by atoms with Crippen LogP contribution in [0, 0.1) is 0 Å². The Morgan fingerprint density at radius 2 is 1.85 bits per heavy atom. The molecule has 0 aliphatic carbocycles. The van der Waals surface area contributed by atoms with Crippen LogP contribution in [0.2, 0.25) is 0 Å². The van der Waals surface area contributed by atoms with Gasteiger partial charge in [0.15, 0.2) is 0 Å². The van der Waals surface area contributed by atoms with Crippen LogP contribution in [0.25, 0.3) is 0 Å². The molecule has 2 aromatic rings. The lowest BCUT2D eigenvalue weighted by Crippen LogP contribution is -2.07. The van der Waals surface area contributed by atoms with E-state index < -0.39 is 0 Å². The predicted octanol–water partition coefficient (Wildman–Crippen LogP) is 4.43. The van der Waals surface area contributed by atoms with Gasteiger partial charge in [-0.15, -0.1) is 0 Å². The van der Waals surface area contributed by atoms with Crippen LogP contribution in [-0.4, -0.2) is 6.10 Å². The normalized spacial score (nSPS) is 10.6. The fraction of sp³-hybridized carbons (Fsp3) is 0.250. The highest BCUT2D eigenvalue weighted by Crippen LogP contribution is 2.24. The molecule has 3 nitrogen and oxygen atoms in total. The molecule has 0 saturated heterocycles. The third kappa shape index (κ3) is 4.46. The third-order valence-electron chi connectivity index (χ3n) is 2.71. The van der Waals surface area contributed by atoms with Gasteiger partial charge in [0.1, 0.15) is 5.75 Å². The molecule has 0 saturated carbocycles. The number of nitrogens with two attached hydrogens (primary N) is 1. The van der Waals surface area contributed by atoms with Crippen molar-refractivity contribution in [2.24, 2.45) is 0 Å². The molecule has 0 aliphatic heterocycles. The molecule has 2 aromatic carbocycles. The van der Waals surface area contributed by atoms with Crippen molar-refractivity contribution in [2.45, 2.75) is 26.5 Å². The molecule has 0 bridgehead atoms.